The van der Waals surface area contributed by atoms with E-state index in [0.717, 1.165) is 11.3 Å². The van der Waals surface area contributed by atoms with E-state index < -0.39 is 0 Å². The van der Waals surface area contributed by atoms with Crippen molar-refractivity contribution < 1.29 is 9.47 Å². The average molecular weight is 354 g/mol. The van der Waals surface area contributed by atoms with Gasteiger partial charge in [0.25, 0.3) is 5.56 Å². The van der Waals surface area contributed by atoms with Gasteiger partial charge >= 0.3 is 0 Å². The van der Waals surface area contributed by atoms with Crippen LogP contribution in [0.15, 0.2) is 23.1 Å². The van der Waals surface area contributed by atoms with Crippen molar-refractivity contribution in [1.82, 2.24) is 14.8 Å². The van der Waals surface area contributed by atoms with E-state index in [1.807, 2.05) is 26.1 Å². The van der Waals surface area contributed by atoms with Crippen molar-refractivity contribution in [3.63, 3.8) is 0 Å². The van der Waals surface area contributed by atoms with Crippen molar-refractivity contribution in [2.75, 3.05) is 31.3 Å². The first-order chi connectivity index (χ1) is 12.5. The Morgan fingerprint density at radius 3 is 2.81 bits per heavy atom. The summed E-state index contributed by atoms with van der Waals surface area (Å²) in [4.78, 5) is 17.3. The van der Waals surface area contributed by atoms with Crippen molar-refractivity contribution in [3.8, 4) is 11.8 Å². The Kier molecular flexibility index (Phi) is 4.10. The quantitative estimate of drug-likeness (QED) is 0.768. The van der Waals surface area contributed by atoms with Gasteiger partial charge in [0.15, 0.2) is 0 Å². The molecular weight excluding hydrogens is 332 g/mol. The third-order valence-corrected chi connectivity index (χ3v) is 5.29. The molecule has 1 unspecified atom stereocenters. The molecule has 1 spiro atoms. The minimum Gasteiger partial charge on any atom is -0.375 e. The Morgan fingerprint density at radius 2 is 2.15 bits per heavy atom. The van der Waals surface area contributed by atoms with E-state index in [0.29, 0.717) is 37.7 Å². The van der Waals surface area contributed by atoms with Crippen LogP contribution < -0.4 is 10.5 Å². The van der Waals surface area contributed by atoms with Gasteiger partial charge in [-0.15, -0.1) is 0 Å². The average Bonchev–Trinajstić information content (AvgIpc) is 2.91. The van der Waals surface area contributed by atoms with Gasteiger partial charge in [0.1, 0.15) is 17.0 Å². The zero-order valence-corrected chi connectivity index (χ0v) is 15.2. The number of ether oxygens (including phenoxy) is 2. The molecule has 26 heavy (non-hydrogen) atoms. The second-order valence-corrected chi connectivity index (χ2v) is 6.92. The Balaban J connectivity index is 1.63. The van der Waals surface area contributed by atoms with Gasteiger partial charge in [-0.25, -0.2) is 0 Å². The van der Waals surface area contributed by atoms with Crippen molar-refractivity contribution in [3.05, 3.63) is 45.6 Å². The molecule has 0 saturated carbocycles. The highest BCUT2D eigenvalue weighted by Gasteiger charge is 2.50. The molecular formula is C19H22N4O3. The van der Waals surface area contributed by atoms with Crippen molar-refractivity contribution in [2.45, 2.75) is 25.5 Å². The molecule has 1 atom stereocenters. The topological polar surface area (TPSA) is 72.4 Å². The van der Waals surface area contributed by atoms with E-state index in [1.165, 1.54) is 0 Å². The van der Waals surface area contributed by atoms with Crippen LogP contribution in [0.5, 0.6) is 0 Å². The van der Waals surface area contributed by atoms with Crippen LogP contribution >= 0.6 is 0 Å². The van der Waals surface area contributed by atoms with Crippen molar-refractivity contribution >= 4 is 5.69 Å². The number of anilines is 1. The van der Waals surface area contributed by atoms with Crippen LogP contribution in [-0.2, 0) is 16.5 Å². The summed E-state index contributed by atoms with van der Waals surface area (Å²) in [6.07, 6.45) is 1.64. The van der Waals surface area contributed by atoms with Gasteiger partial charge in [-0.1, -0.05) is 5.92 Å². The number of hydrogen-bond donors (Lipinski definition) is 1. The molecule has 0 bridgehead atoms. The lowest BCUT2D eigenvalue weighted by atomic mass is 9.90. The fourth-order valence-corrected chi connectivity index (χ4v) is 3.42. The highest BCUT2D eigenvalue weighted by atomic mass is 16.6. The number of aromatic nitrogens is 3. The molecule has 0 amide bonds. The fourth-order valence-electron chi connectivity index (χ4n) is 3.42. The Morgan fingerprint density at radius 1 is 1.35 bits per heavy atom. The van der Waals surface area contributed by atoms with Crippen LogP contribution in [0.2, 0.25) is 0 Å². The normalized spacial score (nSPS) is 21.2. The number of hydrogen-bond acceptors (Lipinski definition) is 5. The maximum atomic E-state index is 12.4. The molecule has 2 aromatic heterocycles. The van der Waals surface area contributed by atoms with E-state index in [4.69, 9.17) is 9.47 Å². The Bertz CT molecular complexity index is 926. The van der Waals surface area contributed by atoms with E-state index >= 15 is 0 Å². The van der Waals surface area contributed by atoms with Gasteiger partial charge in [0.05, 0.1) is 25.9 Å². The molecule has 2 aliphatic rings. The molecule has 7 heteroatoms. The van der Waals surface area contributed by atoms with Gasteiger partial charge in [0, 0.05) is 31.0 Å². The largest absolute Gasteiger partial charge is 0.375 e. The number of rotatable bonds is 1. The molecule has 4 heterocycles. The van der Waals surface area contributed by atoms with E-state index in [-0.39, 0.29) is 17.2 Å². The highest BCUT2D eigenvalue weighted by Crippen LogP contribution is 2.34. The highest BCUT2D eigenvalue weighted by molar-refractivity contribution is 5.53. The third-order valence-electron chi connectivity index (χ3n) is 5.29. The lowest BCUT2D eigenvalue weighted by Gasteiger charge is -2.53. The molecule has 2 aromatic rings. The predicted octanol–water partition coefficient (Wildman–Crippen LogP) is 0.811. The Labute approximate surface area is 151 Å². The zero-order valence-electron chi connectivity index (χ0n) is 15.2. The standard InChI is InChI=1S/C19H22N4O3/c1-13-8-16(21-22(13)3)5-4-15-9-17(18(24)20-10-15)23-6-7-26-19(14(23)2)11-25-12-19/h8-10,14H,6-7,11-12H2,1-3H3,(H,20,24). The molecule has 2 saturated heterocycles. The first kappa shape index (κ1) is 16.9. The molecule has 4 rings (SSSR count). The molecule has 136 valence electrons. The maximum Gasteiger partial charge on any atom is 0.271 e. The Hall–Kier alpha value is -2.56. The number of morpholine rings is 1. The first-order valence-electron chi connectivity index (χ1n) is 8.72. The smallest absolute Gasteiger partial charge is 0.271 e. The number of aromatic amines is 1. The van der Waals surface area contributed by atoms with Gasteiger partial charge in [-0.3, -0.25) is 9.48 Å². The number of pyridine rings is 1. The van der Waals surface area contributed by atoms with Gasteiger partial charge < -0.3 is 19.4 Å². The van der Waals surface area contributed by atoms with Crippen LogP contribution in [0.25, 0.3) is 0 Å². The van der Waals surface area contributed by atoms with Crippen molar-refractivity contribution in [2.24, 2.45) is 7.05 Å². The summed E-state index contributed by atoms with van der Waals surface area (Å²) in [5, 5.41) is 4.34. The number of nitrogens with one attached hydrogen (secondary N) is 1. The van der Waals surface area contributed by atoms with Crippen molar-refractivity contribution in [1.29, 1.82) is 0 Å². The minimum atomic E-state index is -0.308. The zero-order chi connectivity index (χ0) is 18.3. The van der Waals surface area contributed by atoms with Crippen LogP contribution in [-0.4, -0.2) is 52.8 Å². The van der Waals surface area contributed by atoms with Crippen LogP contribution in [0.4, 0.5) is 5.69 Å². The van der Waals surface area contributed by atoms with Gasteiger partial charge in [-0.2, -0.15) is 5.10 Å². The van der Waals surface area contributed by atoms with Crippen LogP contribution in [0.1, 0.15) is 23.9 Å². The van der Waals surface area contributed by atoms with E-state index in [2.05, 4.69) is 33.7 Å². The summed E-state index contributed by atoms with van der Waals surface area (Å²) in [6, 6.07) is 3.84. The number of aryl methyl sites for hydroxylation is 2. The molecule has 2 aliphatic heterocycles. The van der Waals surface area contributed by atoms with E-state index in [9.17, 15) is 4.79 Å². The number of nitrogens with zero attached hydrogens (tertiary/aromatic N) is 3. The summed E-state index contributed by atoms with van der Waals surface area (Å²) in [5.74, 6) is 6.15. The molecule has 2 fully saturated rings. The summed E-state index contributed by atoms with van der Waals surface area (Å²) in [7, 11) is 1.89. The summed E-state index contributed by atoms with van der Waals surface area (Å²) >= 11 is 0. The van der Waals surface area contributed by atoms with Crippen LogP contribution in [0, 0.1) is 18.8 Å². The molecule has 0 radical (unpaired) electrons. The van der Waals surface area contributed by atoms with Gasteiger partial charge in [0.2, 0.25) is 0 Å². The second-order valence-electron chi connectivity index (χ2n) is 6.92. The SMILES string of the molecule is Cc1cc(C#Cc2c[nH]c(=O)c(N3CCOC4(COC4)C3C)c2)nn1C. The minimum absolute atomic E-state index is 0.0627. The van der Waals surface area contributed by atoms with E-state index in [1.54, 1.807) is 10.9 Å². The lowest BCUT2D eigenvalue weighted by molar-refractivity contribution is -0.228. The van der Waals surface area contributed by atoms with Crippen LogP contribution in [0.3, 0.4) is 0 Å². The summed E-state index contributed by atoms with van der Waals surface area (Å²) in [5.41, 5.74) is 2.71. The van der Waals surface area contributed by atoms with Gasteiger partial charge in [-0.05, 0) is 31.9 Å². The lowest BCUT2D eigenvalue weighted by Crippen LogP contribution is -2.68. The second kappa shape index (κ2) is 6.31. The molecule has 0 aromatic carbocycles. The molecule has 1 N–H and O–H groups in total. The fraction of sp³-hybridized carbons (Fsp3) is 0.474. The predicted molar refractivity (Wildman–Crippen MR) is 97.3 cm³/mol. The molecule has 7 nitrogen and oxygen atoms in total. The summed E-state index contributed by atoms with van der Waals surface area (Å²) < 4.78 is 13.1. The maximum absolute atomic E-state index is 12.4. The first-order valence-corrected chi connectivity index (χ1v) is 8.72. The third kappa shape index (κ3) is 2.81. The molecule has 0 aliphatic carbocycles. The number of H-pyrrole nitrogens is 1. The monoisotopic (exact) mass is 354 g/mol. The summed E-state index contributed by atoms with van der Waals surface area (Å²) in [6.45, 7) is 6.45.